The predicted molar refractivity (Wildman–Crippen MR) is 76.0 cm³/mol. The van der Waals surface area contributed by atoms with Gasteiger partial charge >= 0.3 is 18.0 Å². The van der Waals surface area contributed by atoms with Gasteiger partial charge in [0.2, 0.25) is 0 Å². The number of amides is 2. The van der Waals surface area contributed by atoms with Crippen molar-refractivity contribution in [2.75, 3.05) is 7.05 Å². The Hall–Kier alpha value is -1.79. The number of carbonyl (C=O) groups is 3. The predicted octanol–water partition coefficient (Wildman–Crippen LogP) is 1.52. The molecule has 3 atom stereocenters. The van der Waals surface area contributed by atoms with Crippen molar-refractivity contribution in [2.45, 2.75) is 57.5 Å². The van der Waals surface area contributed by atoms with Crippen molar-refractivity contribution < 1.29 is 24.6 Å². The Balaban J connectivity index is 2.55. The fourth-order valence-corrected chi connectivity index (χ4v) is 2.70. The molecule has 1 fully saturated rings. The average Bonchev–Trinajstić information content (AvgIpc) is 2.41. The third-order valence-electron chi connectivity index (χ3n) is 4.02. The minimum atomic E-state index is -1.21. The van der Waals surface area contributed by atoms with Gasteiger partial charge in [0.1, 0.15) is 6.04 Å². The first-order chi connectivity index (χ1) is 9.81. The summed E-state index contributed by atoms with van der Waals surface area (Å²) in [6, 6.07) is -1.51. The molecule has 21 heavy (non-hydrogen) atoms. The van der Waals surface area contributed by atoms with Crippen LogP contribution in [0.15, 0.2) is 0 Å². The highest BCUT2D eigenvalue weighted by molar-refractivity contribution is 5.83. The molecule has 1 rings (SSSR count). The van der Waals surface area contributed by atoms with E-state index in [1.54, 1.807) is 11.9 Å². The second-order valence-corrected chi connectivity index (χ2v) is 5.81. The molecule has 1 saturated carbocycles. The highest BCUT2D eigenvalue weighted by Gasteiger charge is 2.28. The largest absolute Gasteiger partial charge is 0.481 e. The Morgan fingerprint density at radius 3 is 2.48 bits per heavy atom. The molecule has 0 heterocycles. The third-order valence-corrected chi connectivity index (χ3v) is 4.02. The second-order valence-electron chi connectivity index (χ2n) is 5.81. The minimum Gasteiger partial charge on any atom is -0.481 e. The second kappa shape index (κ2) is 7.85. The monoisotopic (exact) mass is 300 g/mol. The zero-order valence-corrected chi connectivity index (χ0v) is 12.5. The molecular weight excluding hydrogens is 276 g/mol. The van der Waals surface area contributed by atoms with E-state index in [-0.39, 0.29) is 18.9 Å². The van der Waals surface area contributed by atoms with Gasteiger partial charge in [0, 0.05) is 19.5 Å². The number of urea groups is 1. The van der Waals surface area contributed by atoms with Crippen LogP contribution in [0.5, 0.6) is 0 Å². The molecule has 0 radical (unpaired) electrons. The molecule has 7 heteroatoms. The van der Waals surface area contributed by atoms with Crippen LogP contribution in [0.4, 0.5) is 4.79 Å². The zero-order chi connectivity index (χ0) is 16.0. The number of aliphatic carboxylic acids is 2. The molecule has 2 amide bonds. The third kappa shape index (κ3) is 5.61. The fraction of sp³-hybridized carbons (Fsp3) is 0.786. The van der Waals surface area contributed by atoms with Crippen molar-refractivity contribution in [3.05, 3.63) is 0 Å². The Bertz CT molecular complexity index is 399. The van der Waals surface area contributed by atoms with Crippen LogP contribution in [0.3, 0.4) is 0 Å². The maximum absolute atomic E-state index is 12.1. The van der Waals surface area contributed by atoms with Crippen LogP contribution in [0.25, 0.3) is 0 Å². The van der Waals surface area contributed by atoms with Gasteiger partial charge in [-0.2, -0.15) is 0 Å². The SMILES string of the molecule is CC1CCCC(N(C)C(=O)N[C@@H](CCC(=O)O)C(=O)O)C1. The Morgan fingerprint density at radius 2 is 1.95 bits per heavy atom. The van der Waals surface area contributed by atoms with Crippen molar-refractivity contribution in [3.8, 4) is 0 Å². The summed E-state index contributed by atoms with van der Waals surface area (Å²) in [5, 5.41) is 20.1. The molecule has 0 aliphatic heterocycles. The lowest BCUT2D eigenvalue weighted by Gasteiger charge is -2.34. The number of hydrogen-bond acceptors (Lipinski definition) is 3. The first-order valence-corrected chi connectivity index (χ1v) is 7.29. The van der Waals surface area contributed by atoms with Gasteiger partial charge < -0.3 is 20.4 Å². The molecule has 0 bridgehead atoms. The highest BCUT2D eigenvalue weighted by Crippen LogP contribution is 2.26. The number of nitrogens with one attached hydrogen (secondary N) is 1. The van der Waals surface area contributed by atoms with E-state index < -0.39 is 24.0 Å². The Morgan fingerprint density at radius 1 is 1.29 bits per heavy atom. The zero-order valence-electron chi connectivity index (χ0n) is 12.5. The molecule has 0 aromatic heterocycles. The molecule has 0 aromatic rings. The summed E-state index contributed by atoms with van der Waals surface area (Å²) in [6.45, 7) is 2.14. The summed E-state index contributed by atoms with van der Waals surface area (Å²) in [5.74, 6) is -1.73. The van der Waals surface area contributed by atoms with Crippen LogP contribution in [-0.4, -0.2) is 52.2 Å². The molecule has 7 nitrogen and oxygen atoms in total. The van der Waals surface area contributed by atoms with Gasteiger partial charge in [-0.25, -0.2) is 9.59 Å². The Labute approximate surface area is 124 Å². The van der Waals surface area contributed by atoms with Gasteiger partial charge in [-0.15, -0.1) is 0 Å². The number of hydrogen-bond donors (Lipinski definition) is 3. The van der Waals surface area contributed by atoms with Crippen LogP contribution < -0.4 is 5.32 Å². The maximum Gasteiger partial charge on any atom is 0.326 e. The maximum atomic E-state index is 12.1. The summed E-state index contributed by atoms with van der Waals surface area (Å²) in [5.41, 5.74) is 0. The topological polar surface area (TPSA) is 107 Å². The number of carboxylic acid groups (broad SMARTS) is 2. The lowest BCUT2D eigenvalue weighted by atomic mass is 9.86. The summed E-state index contributed by atoms with van der Waals surface area (Å²) in [7, 11) is 1.66. The van der Waals surface area contributed by atoms with Crippen molar-refractivity contribution in [1.82, 2.24) is 10.2 Å². The van der Waals surface area contributed by atoms with Crippen molar-refractivity contribution >= 4 is 18.0 Å². The molecule has 2 unspecified atom stereocenters. The van der Waals surface area contributed by atoms with Crippen molar-refractivity contribution in [3.63, 3.8) is 0 Å². The van der Waals surface area contributed by atoms with E-state index in [1.165, 1.54) is 0 Å². The summed E-state index contributed by atoms with van der Waals surface area (Å²) >= 11 is 0. The van der Waals surface area contributed by atoms with Gasteiger partial charge in [-0.3, -0.25) is 4.79 Å². The molecule has 1 aliphatic rings. The smallest absolute Gasteiger partial charge is 0.326 e. The van der Waals surface area contributed by atoms with Gasteiger partial charge in [0.15, 0.2) is 0 Å². The number of carbonyl (C=O) groups excluding carboxylic acids is 1. The first-order valence-electron chi connectivity index (χ1n) is 7.29. The van der Waals surface area contributed by atoms with E-state index in [0.717, 1.165) is 25.7 Å². The minimum absolute atomic E-state index is 0.114. The quantitative estimate of drug-likeness (QED) is 0.689. The highest BCUT2D eigenvalue weighted by atomic mass is 16.4. The van der Waals surface area contributed by atoms with E-state index in [4.69, 9.17) is 10.2 Å². The molecule has 0 aromatic carbocycles. The molecule has 0 saturated heterocycles. The summed E-state index contributed by atoms with van der Waals surface area (Å²) in [4.78, 5) is 35.2. The number of carboxylic acids is 2. The van der Waals surface area contributed by atoms with Crippen molar-refractivity contribution in [1.29, 1.82) is 0 Å². The molecular formula is C14H24N2O5. The summed E-state index contributed by atoms with van der Waals surface area (Å²) in [6.07, 6.45) is 3.64. The van der Waals surface area contributed by atoms with Gasteiger partial charge in [0.05, 0.1) is 0 Å². The van der Waals surface area contributed by atoms with E-state index in [0.29, 0.717) is 5.92 Å². The number of rotatable bonds is 6. The lowest BCUT2D eigenvalue weighted by Crippen LogP contribution is -2.50. The van der Waals surface area contributed by atoms with E-state index in [1.807, 2.05) is 0 Å². The van der Waals surface area contributed by atoms with E-state index >= 15 is 0 Å². The lowest BCUT2D eigenvalue weighted by molar-refractivity contribution is -0.140. The number of nitrogens with zero attached hydrogens (tertiary/aromatic N) is 1. The summed E-state index contributed by atoms with van der Waals surface area (Å²) < 4.78 is 0. The van der Waals surface area contributed by atoms with Crippen molar-refractivity contribution in [2.24, 2.45) is 5.92 Å². The van der Waals surface area contributed by atoms with Gasteiger partial charge in [-0.05, 0) is 25.2 Å². The fourth-order valence-electron chi connectivity index (χ4n) is 2.70. The van der Waals surface area contributed by atoms with E-state index in [2.05, 4.69) is 12.2 Å². The van der Waals surface area contributed by atoms with Gasteiger partial charge in [-0.1, -0.05) is 19.8 Å². The van der Waals surface area contributed by atoms with Crippen LogP contribution in [0, 0.1) is 5.92 Å². The van der Waals surface area contributed by atoms with Crippen LogP contribution in [-0.2, 0) is 9.59 Å². The standard InChI is InChI=1S/C14H24N2O5/c1-9-4-3-5-10(8-9)16(2)14(21)15-11(13(19)20)6-7-12(17)18/h9-11H,3-8H2,1-2H3,(H,15,21)(H,17,18)(H,19,20)/t9?,10?,11-/m0/s1. The van der Waals surface area contributed by atoms with Crippen LogP contribution in [0.1, 0.15) is 45.4 Å². The van der Waals surface area contributed by atoms with Crippen LogP contribution >= 0.6 is 0 Å². The molecule has 120 valence electrons. The first kappa shape index (κ1) is 17.3. The average molecular weight is 300 g/mol. The molecule has 3 N–H and O–H groups in total. The molecule has 1 aliphatic carbocycles. The normalized spacial score (nSPS) is 23.1. The molecule has 0 spiro atoms. The Kier molecular flexibility index (Phi) is 6.45. The van der Waals surface area contributed by atoms with Gasteiger partial charge in [0.25, 0.3) is 0 Å². The van der Waals surface area contributed by atoms with E-state index in [9.17, 15) is 14.4 Å². The van der Waals surface area contributed by atoms with Crippen LogP contribution in [0.2, 0.25) is 0 Å².